The quantitative estimate of drug-likeness (QED) is 0.336. The molecule has 0 bridgehead atoms. The fraction of sp³-hybridized carbons (Fsp3) is 0.424. The van der Waals surface area contributed by atoms with Gasteiger partial charge in [0.1, 0.15) is 6.33 Å². The molecule has 0 radical (unpaired) electrons. The van der Waals surface area contributed by atoms with E-state index in [0.717, 1.165) is 47.4 Å². The highest BCUT2D eigenvalue weighted by atomic mass is 16.2. The minimum atomic E-state index is -0.104. The average molecular weight is 579 g/mol. The van der Waals surface area contributed by atoms with Crippen LogP contribution in [0.5, 0.6) is 0 Å². The summed E-state index contributed by atoms with van der Waals surface area (Å²) in [6.07, 6.45) is 7.86. The number of carbonyl (C=O) groups is 2. The molecule has 10 nitrogen and oxygen atoms in total. The third kappa shape index (κ3) is 5.59. The molecular formula is C33H38N8O2. The number of rotatable bonds is 8. The number of likely N-dealkylation sites (tertiary alicyclic amines) is 1. The third-order valence-corrected chi connectivity index (χ3v) is 9.10. The van der Waals surface area contributed by atoms with Gasteiger partial charge in [-0.15, -0.1) is 0 Å². The zero-order chi connectivity index (χ0) is 29.5. The largest absolute Gasteiger partial charge is 0.338 e. The molecule has 2 aliphatic heterocycles. The minimum absolute atomic E-state index is 0.104. The summed E-state index contributed by atoms with van der Waals surface area (Å²) in [5, 5.41) is 13.2. The predicted octanol–water partition coefficient (Wildman–Crippen LogP) is 4.23. The summed E-state index contributed by atoms with van der Waals surface area (Å²) in [5.74, 6) is 1.45. The lowest BCUT2D eigenvalue weighted by molar-refractivity contribution is -0.132. The molecule has 0 unspecified atom stereocenters. The molecule has 2 aromatic carbocycles. The summed E-state index contributed by atoms with van der Waals surface area (Å²) in [4.78, 5) is 37.2. The van der Waals surface area contributed by atoms with Crippen LogP contribution in [-0.4, -0.2) is 85.8 Å². The van der Waals surface area contributed by atoms with E-state index in [2.05, 4.69) is 61.6 Å². The van der Waals surface area contributed by atoms with Crippen LogP contribution in [0.4, 0.5) is 5.69 Å². The van der Waals surface area contributed by atoms with E-state index in [1.807, 2.05) is 35.9 Å². The van der Waals surface area contributed by atoms with Crippen LogP contribution in [-0.2, 0) is 16.6 Å². The van der Waals surface area contributed by atoms with Gasteiger partial charge in [-0.3, -0.25) is 24.3 Å². The van der Waals surface area contributed by atoms with Gasteiger partial charge in [-0.05, 0) is 68.5 Å². The third-order valence-electron chi connectivity index (χ3n) is 9.10. The molecule has 222 valence electrons. The molecular weight excluding hydrogens is 540 g/mol. The minimum Gasteiger partial charge on any atom is -0.338 e. The van der Waals surface area contributed by atoms with Gasteiger partial charge in [0.2, 0.25) is 11.8 Å². The number of hydrogen-bond acceptors (Lipinski definition) is 6. The van der Waals surface area contributed by atoms with Crippen molar-refractivity contribution in [2.24, 2.45) is 13.0 Å². The van der Waals surface area contributed by atoms with E-state index in [4.69, 9.17) is 0 Å². The Morgan fingerprint density at radius 1 is 1.05 bits per heavy atom. The van der Waals surface area contributed by atoms with Crippen molar-refractivity contribution in [1.82, 2.24) is 34.8 Å². The van der Waals surface area contributed by atoms with Gasteiger partial charge in [0.05, 0.1) is 18.0 Å². The summed E-state index contributed by atoms with van der Waals surface area (Å²) in [7, 11) is 1.86. The zero-order valence-corrected chi connectivity index (χ0v) is 24.9. The maximum Gasteiger partial charge on any atom is 0.237 e. The number of aromatic nitrogens is 5. The maximum absolute atomic E-state index is 13.7. The van der Waals surface area contributed by atoms with Crippen LogP contribution in [0.25, 0.3) is 27.9 Å². The van der Waals surface area contributed by atoms with Crippen LogP contribution in [0.15, 0.2) is 54.9 Å². The lowest BCUT2D eigenvalue weighted by atomic mass is 9.98. The first-order valence-electron chi connectivity index (χ1n) is 15.4. The van der Waals surface area contributed by atoms with Gasteiger partial charge in [-0.25, -0.2) is 4.98 Å². The molecule has 10 heteroatoms. The van der Waals surface area contributed by atoms with Gasteiger partial charge in [-0.1, -0.05) is 30.3 Å². The van der Waals surface area contributed by atoms with Crippen molar-refractivity contribution < 1.29 is 9.59 Å². The first-order chi connectivity index (χ1) is 21.0. The van der Waals surface area contributed by atoms with Crippen molar-refractivity contribution >= 4 is 34.0 Å². The summed E-state index contributed by atoms with van der Waals surface area (Å²) in [5.41, 5.74) is 6.50. The lowest BCUT2D eigenvalue weighted by Gasteiger charge is -2.29. The second-order valence-electron chi connectivity index (χ2n) is 12.1. The number of aryl methyl sites for hydroxylation is 1. The highest BCUT2D eigenvalue weighted by Crippen LogP contribution is 2.42. The van der Waals surface area contributed by atoms with Crippen molar-refractivity contribution in [2.75, 3.05) is 44.2 Å². The van der Waals surface area contributed by atoms with Crippen LogP contribution in [0, 0.1) is 5.92 Å². The van der Waals surface area contributed by atoms with E-state index in [1.54, 1.807) is 11.0 Å². The average Bonchev–Trinajstić information content (AvgIpc) is 3.39. The van der Waals surface area contributed by atoms with Gasteiger partial charge in [0.15, 0.2) is 5.82 Å². The van der Waals surface area contributed by atoms with Crippen molar-refractivity contribution in [1.29, 1.82) is 0 Å². The molecule has 1 saturated carbocycles. The SMILES string of the molecule is CCN(C(=O)[C@@H]1CCN(CC(=O)N2CC=C(c3ccc(-c4ncn(C)n4)cc3)CC2)C1)c1ccc2n[nH]c(C3CC3)c2c1. The topological polar surface area (TPSA) is 103 Å². The van der Waals surface area contributed by atoms with Gasteiger partial charge < -0.3 is 9.80 Å². The normalized spacial score (nSPS) is 19.2. The molecule has 1 atom stereocenters. The second-order valence-corrected chi connectivity index (χ2v) is 12.1. The zero-order valence-electron chi connectivity index (χ0n) is 24.9. The fourth-order valence-electron chi connectivity index (χ4n) is 6.49. The molecule has 4 heterocycles. The van der Waals surface area contributed by atoms with E-state index in [0.29, 0.717) is 38.6 Å². The Hall–Kier alpha value is -4.31. The Morgan fingerprint density at radius 3 is 2.56 bits per heavy atom. The number of H-pyrrole nitrogens is 1. The monoisotopic (exact) mass is 578 g/mol. The highest BCUT2D eigenvalue weighted by molar-refractivity contribution is 5.98. The summed E-state index contributed by atoms with van der Waals surface area (Å²) in [6, 6.07) is 14.4. The molecule has 1 saturated heterocycles. The Balaban J connectivity index is 0.938. The van der Waals surface area contributed by atoms with Crippen LogP contribution < -0.4 is 4.90 Å². The Labute approximate surface area is 251 Å². The molecule has 1 N–H and O–H groups in total. The number of carbonyl (C=O) groups excluding carboxylic acids is 2. The first kappa shape index (κ1) is 27.5. The predicted molar refractivity (Wildman–Crippen MR) is 166 cm³/mol. The number of aromatic amines is 1. The van der Waals surface area contributed by atoms with Gasteiger partial charge in [0.25, 0.3) is 0 Å². The summed E-state index contributed by atoms with van der Waals surface area (Å²) < 4.78 is 1.70. The fourth-order valence-corrected chi connectivity index (χ4v) is 6.49. The van der Waals surface area contributed by atoms with E-state index in [1.165, 1.54) is 29.7 Å². The molecule has 2 aromatic heterocycles. The van der Waals surface area contributed by atoms with Crippen LogP contribution in [0.2, 0.25) is 0 Å². The summed E-state index contributed by atoms with van der Waals surface area (Å²) >= 11 is 0. The number of benzene rings is 2. The Bertz CT molecular complexity index is 1680. The van der Waals surface area contributed by atoms with E-state index >= 15 is 0 Å². The summed E-state index contributed by atoms with van der Waals surface area (Å²) in [6.45, 7) is 5.69. The Morgan fingerprint density at radius 2 is 1.86 bits per heavy atom. The highest BCUT2D eigenvalue weighted by Gasteiger charge is 2.34. The van der Waals surface area contributed by atoms with E-state index < -0.39 is 0 Å². The van der Waals surface area contributed by atoms with Gasteiger partial charge in [0, 0.05) is 61.5 Å². The molecule has 4 aromatic rings. The number of hydrogen-bond donors (Lipinski definition) is 1. The van der Waals surface area contributed by atoms with Crippen molar-refractivity contribution in [3.05, 3.63) is 66.1 Å². The van der Waals surface area contributed by atoms with Crippen molar-refractivity contribution in [2.45, 2.75) is 38.5 Å². The number of nitrogens with zero attached hydrogens (tertiary/aromatic N) is 7. The van der Waals surface area contributed by atoms with Gasteiger partial charge in [-0.2, -0.15) is 10.2 Å². The van der Waals surface area contributed by atoms with Crippen LogP contribution >= 0.6 is 0 Å². The van der Waals surface area contributed by atoms with E-state index in [9.17, 15) is 9.59 Å². The van der Waals surface area contributed by atoms with Crippen LogP contribution in [0.1, 0.15) is 49.8 Å². The second kappa shape index (κ2) is 11.4. The Kier molecular flexibility index (Phi) is 7.30. The van der Waals surface area contributed by atoms with Crippen molar-refractivity contribution in [3.8, 4) is 11.4 Å². The van der Waals surface area contributed by atoms with Crippen LogP contribution in [0.3, 0.4) is 0 Å². The molecule has 2 amide bonds. The van der Waals surface area contributed by atoms with Crippen molar-refractivity contribution in [3.63, 3.8) is 0 Å². The van der Waals surface area contributed by atoms with Gasteiger partial charge >= 0.3 is 0 Å². The molecule has 2 fully saturated rings. The molecule has 43 heavy (non-hydrogen) atoms. The molecule has 7 rings (SSSR count). The smallest absolute Gasteiger partial charge is 0.237 e. The number of amides is 2. The standard InChI is InChI=1S/C33H38N8O2/c1-3-41(27-10-11-29-28(18-27)31(36-35-29)24-6-7-24)33(43)26-12-15-39(19-26)20-30(42)40-16-13-23(14-17-40)22-4-8-25(9-5-22)32-34-21-38(2)37-32/h4-5,8-11,13,18,21,24,26H,3,6-7,12,14-17,19-20H2,1-2H3,(H,35,36)/t26-/m1/s1. The number of fused-ring (bicyclic) bond motifs is 1. The molecule has 0 spiro atoms. The number of nitrogens with one attached hydrogen (secondary N) is 1. The molecule has 1 aliphatic carbocycles. The maximum atomic E-state index is 13.7. The molecule has 3 aliphatic rings. The lowest BCUT2D eigenvalue weighted by Crippen LogP contribution is -2.42. The van der Waals surface area contributed by atoms with E-state index in [-0.39, 0.29) is 17.7 Å². The number of anilines is 1. The first-order valence-corrected chi connectivity index (χ1v) is 15.4.